The Morgan fingerprint density at radius 2 is 1.21 bits per heavy atom. The van der Waals surface area contributed by atoms with Crippen LogP contribution in [0.5, 0.6) is 0 Å². The fraction of sp³-hybridized carbons (Fsp3) is 0.905. The van der Waals surface area contributed by atoms with Gasteiger partial charge in [0.15, 0.2) is 6.10 Å². The first-order valence-corrected chi connectivity index (χ1v) is 23.0. The topological polar surface area (TPSA) is 132 Å². The van der Waals surface area contributed by atoms with Gasteiger partial charge >= 0.3 is 19.8 Å². The Hall–Kier alpha value is -1.25. The third kappa shape index (κ3) is 32.2. The van der Waals surface area contributed by atoms with Gasteiger partial charge in [0.1, 0.15) is 6.61 Å². The van der Waals surface area contributed by atoms with E-state index in [9.17, 15) is 14.2 Å². The third-order valence-electron chi connectivity index (χ3n) is 10.2. The Balaban J connectivity index is 2.04. The van der Waals surface area contributed by atoms with E-state index in [1.807, 2.05) is 0 Å². The van der Waals surface area contributed by atoms with Crippen LogP contribution in [0, 0.1) is 5.92 Å². The number of epoxide rings is 1. The summed E-state index contributed by atoms with van der Waals surface area (Å²) < 4.78 is 32.2. The number of carbonyl (C=O) groups is 2. The van der Waals surface area contributed by atoms with E-state index < -0.39 is 32.5 Å². The molecule has 0 aromatic rings. The predicted molar refractivity (Wildman–Crippen MR) is 211 cm³/mol. The van der Waals surface area contributed by atoms with Gasteiger partial charge in [0.25, 0.3) is 0 Å². The molecule has 10 heteroatoms. The van der Waals surface area contributed by atoms with Crippen LogP contribution in [-0.4, -0.2) is 53.3 Å². The summed E-state index contributed by atoms with van der Waals surface area (Å²) >= 11 is 0. The van der Waals surface area contributed by atoms with Gasteiger partial charge in [-0.25, -0.2) is 4.57 Å². The highest BCUT2D eigenvalue weighted by Crippen LogP contribution is 2.36. The highest BCUT2D eigenvalue weighted by molar-refractivity contribution is 7.46. The number of hydrogen-bond acceptors (Lipinski definition) is 7. The monoisotopic (exact) mass is 759 g/mol. The Morgan fingerprint density at radius 3 is 1.77 bits per heavy atom. The van der Waals surface area contributed by atoms with E-state index in [4.69, 9.17) is 24.0 Å². The lowest BCUT2D eigenvalue weighted by Gasteiger charge is -2.18. The largest absolute Gasteiger partial charge is 0.469 e. The Kier molecular flexibility index (Phi) is 31.1. The van der Waals surface area contributed by atoms with Crippen LogP contribution in [0.4, 0.5) is 0 Å². The van der Waals surface area contributed by atoms with Crippen LogP contribution in [0.1, 0.15) is 207 Å². The molecule has 306 valence electrons. The van der Waals surface area contributed by atoms with E-state index in [0.29, 0.717) is 18.6 Å². The molecule has 0 spiro atoms. The van der Waals surface area contributed by atoms with Gasteiger partial charge in [-0.15, -0.1) is 0 Å². The zero-order chi connectivity index (χ0) is 38.1. The summed E-state index contributed by atoms with van der Waals surface area (Å²) in [4.78, 5) is 42.9. The molecule has 0 amide bonds. The van der Waals surface area contributed by atoms with Crippen LogP contribution in [0.3, 0.4) is 0 Å². The summed E-state index contributed by atoms with van der Waals surface area (Å²) in [5.41, 5.74) is 0. The molecule has 1 heterocycles. The highest BCUT2D eigenvalue weighted by Gasteiger charge is 2.36. The smallest absolute Gasteiger partial charge is 0.462 e. The van der Waals surface area contributed by atoms with Gasteiger partial charge in [-0.3, -0.25) is 14.1 Å². The summed E-state index contributed by atoms with van der Waals surface area (Å²) in [6.07, 6.45) is 36.6. The van der Waals surface area contributed by atoms with Gasteiger partial charge in [0.2, 0.25) is 0 Å². The number of unbranched alkanes of at least 4 members (excludes halogenated alkanes) is 20. The lowest BCUT2D eigenvalue weighted by Crippen LogP contribution is -2.29. The first-order chi connectivity index (χ1) is 25.1. The molecule has 0 radical (unpaired) electrons. The number of allylic oxidation sites excluding steroid dienone is 1. The lowest BCUT2D eigenvalue weighted by atomic mass is 9.99. The van der Waals surface area contributed by atoms with Crippen LogP contribution < -0.4 is 0 Å². The van der Waals surface area contributed by atoms with Gasteiger partial charge in [-0.05, 0) is 44.4 Å². The average molecular weight is 759 g/mol. The Bertz CT molecular complexity index is 936. The Labute approximate surface area is 318 Å². The van der Waals surface area contributed by atoms with Crippen molar-refractivity contribution in [2.75, 3.05) is 13.2 Å². The van der Waals surface area contributed by atoms with Crippen LogP contribution in [0.15, 0.2) is 12.2 Å². The van der Waals surface area contributed by atoms with E-state index in [0.717, 1.165) is 70.1 Å². The molecule has 4 atom stereocenters. The molecule has 1 aliphatic heterocycles. The quantitative estimate of drug-likeness (QED) is 0.0207. The molecule has 0 saturated carbocycles. The molecule has 9 nitrogen and oxygen atoms in total. The highest BCUT2D eigenvalue weighted by atomic mass is 31.2. The van der Waals surface area contributed by atoms with Crippen molar-refractivity contribution in [1.29, 1.82) is 0 Å². The molecule has 1 saturated heterocycles. The number of phosphoric ester groups is 1. The fourth-order valence-corrected chi connectivity index (χ4v) is 6.89. The normalized spacial score (nSPS) is 17.0. The van der Waals surface area contributed by atoms with Gasteiger partial charge < -0.3 is 24.0 Å². The fourth-order valence-electron chi connectivity index (χ4n) is 6.53. The zero-order valence-corrected chi connectivity index (χ0v) is 34.5. The van der Waals surface area contributed by atoms with E-state index in [1.54, 1.807) is 0 Å². The summed E-state index contributed by atoms with van der Waals surface area (Å²) in [6, 6.07) is 0. The number of esters is 2. The molecule has 0 aromatic carbocycles. The molecule has 1 fully saturated rings. The molecule has 3 unspecified atom stereocenters. The van der Waals surface area contributed by atoms with E-state index >= 15 is 0 Å². The lowest BCUT2D eigenvalue weighted by molar-refractivity contribution is -0.161. The van der Waals surface area contributed by atoms with Crippen molar-refractivity contribution in [1.82, 2.24) is 0 Å². The molecular formula is C42H79O9P. The summed E-state index contributed by atoms with van der Waals surface area (Å²) in [5.74, 6) is -0.0169. The molecule has 0 aliphatic carbocycles. The summed E-state index contributed by atoms with van der Waals surface area (Å²) in [6.45, 7) is 6.03. The second-order valence-electron chi connectivity index (χ2n) is 15.3. The minimum atomic E-state index is -4.76. The van der Waals surface area contributed by atoms with Crippen molar-refractivity contribution in [3.63, 3.8) is 0 Å². The van der Waals surface area contributed by atoms with Crippen molar-refractivity contribution in [3.8, 4) is 0 Å². The standard InChI is InChI=1S/C42H79O9P/c1-4-6-7-8-21-26-31-39-40(51-39)32-27-22-19-24-29-34-42(44)50-38(36-49-52(45,46)47)35-48-41(43)33-28-23-18-16-14-12-10-9-11-13-15-17-20-25-30-37(3)5-2/h21,26,37-40H,4-20,22-25,27-36H2,1-3H3,(H2,45,46,47)/b26-21-/t37?,38-,39?,40?/m1/s1. The second kappa shape index (κ2) is 33.1. The maximum absolute atomic E-state index is 12.4. The van der Waals surface area contributed by atoms with E-state index in [1.165, 1.54) is 103 Å². The SMILES string of the molecule is CCCCC/C=C\CC1OC1CCCCCCCC(=O)O[C@H](COC(=O)CCCCCCCCCCCCCCCCC(C)CC)COP(=O)(O)O. The number of phosphoric acid groups is 1. The van der Waals surface area contributed by atoms with E-state index in [-0.39, 0.29) is 19.4 Å². The van der Waals surface area contributed by atoms with Gasteiger partial charge in [0, 0.05) is 12.8 Å². The zero-order valence-electron chi connectivity index (χ0n) is 33.6. The third-order valence-corrected chi connectivity index (χ3v) is 10.7. The second-order valence-corrected chi connectivity index (χ2v) is 16.5. The van der Waals surface area contributed by atoms with Crippen molar-refractivity contribution in [3.05, 3.63) is 12.2 Å². The van der Waals surface area contributed by atoms with Crippen molar-refractivity contribution in [2.24, 2.45) is 5.92 Å². The number of hydrogen-bond donors (Lipinski definition) is 2. The molecule has 0 bridgehead atoms. The minimum Gasteiger partial charge on any atom is -0.462 e. The van der Waals surface area contributed by atoms with Crippen molar-refractivity contribution >= 4 is 19.8 Å². The summed E-state index contributed by atoms with van der Waals surface area (Å²) in [5, 5.41) is 0. The van der Waals surface area contributed by atoms with Crippen molar-refractivity contribution in [2.45, 2.75) is 225 Å². The summed E-state index contributed by atoms with van der Waals surface area (Å²) in [7, 11) is -4.76. The van der Waals surface area contributed by atoms with Gasteiger partial charge in [-0.1, -0.05) is 168 Å². The van der Waals surface area contributed by atoms with Crippen LogP contribution in [0.2, 0.25) is 0 Å². The van der Waals surface area contributed by atoms with E-state index in [2.05, 4.69) is 37.4 Å². The maximum Gasteiger partial charge on any atom is 0.469 e. The van der Waals surface area contributed by atoms with Gasteiger partial charge in [-0.2, -0.15) is 0 Å². The van der Waals surface area contributed by atoms with Crippen molar-refractivity contribution < 1.29 is 42.7 Å². The molecule has 52 heavy (non-hydrogen) atoms. The predicted octanol–water partition coefficient (Wildman–Crippen LogP) is 11.9. The first kappa shape index (κ1) is 48.8. The molecule has 1 rings (SSSR count). The number of rotatable bonds is 38. The maximum atomic E-state index is 12.4. The Morgan fingerprint density at radius 1 is 0.673 bits per heavy atom. The minimum absolute atomic E-state index is 0.192. The number of ether oxygens (including phenoxy) is 3. The molecule has 1 aliphatic rings. The van der Waals surface area contributed by atoms with Crippen LogP contribution >= 0.6 is 7.82 Å². The number of carbonyl (C=O) groups excluding carboxylic acids is 2. The first-order valence-electron chi connectivity index (χ1n) is 21.5. The van der Waals surface area contributed by atoms with Crippen LogP contribution in [0.25, 0.3) is 0 Å². The molecule has 2 N–H and O–H groups in total. The van der Waals surface area contributed by atoms with Crippen LogP contribution in [-0.2, 0) is 32.9 Å². The molecule has 0 aromatic heterocycles. The van der Waals surface area contributed by atoms with Gasteiger partial charge in [0.05, 0.1) is 18.8 Å². The molecular weight excluding hydrogens is 679 g/mol. The average Bonchev–Trinajstić information content (AvgIpc) is 3.87.